The molecule has 0 bridgehead atoms. The van der Waals surface area contributed by atoms with Crippen LogP contribution in [0.25, 0.3) is 0 Å². The minimum Gasteiger partial charge on any atom is -0.444 e. The molecule has 1 spiro atoms. The molecule has 2 fully saturated rings. The third kappa shape index (κ3) is 3.19. The van der Waals surface area contributed by atoms with E-state index in [1.54, 1.807) is 4.90 Å². The zero-order chi connectivity index (χ0) is 14.3. The molecule has 1 saturated carbocycles. The quantitative estimate of drug-likeness (QED) is 0.737. The Morgan fingerprint density at radius 3 is 2.37 bits per heavy atom. The Morgan fingerprint density at radius 1 is 1.37 bits per heavy atom. The van der Waals surface area contributed by atoms with Crippen LogP contribution in [0.1, 0.15) is 46.5 Å². The van der Waals surface area contributed by atoms with Crippen molar-refractivity contribution in [1.29, 1.82) is 0 Å². The van der Waals surface area contributed by atoms with Gasteiger partial charge >= 0.3 is 6.09 Å². The van der Waals surface area contributed by atoms with Gasteiger partial charge in [0.2, 0.25) is 0 Å². The van der Waals surface area contributed by atoms with Crippen molar-refractivity contribution in [3.05, 3.63) is 0 Å². The first-order valence-corrected chi connectivity index (χ1v) is 7.09. The van der Waals surface area contributed by atoms with E-state index in [9.17, 15) is 9.18 Å². The number of alkyl halides is 1. The van der Waals surface area contributed by atoms with Gasteiger partial charge in [-0.3, -0.25) is 0 Å². The SMILES string of the molecule is CC(C)(C)OC(=O)N1CCC2(CC1)C[C@@H](F)C[C@@H]2N. The zero-order valence-corrected chi connectivity index (χ0v) is 12.1. The number of ether oxygens (including phenoxy) is 1. The molecule has 0 unspecified atom stereocenters. The van der Waals surface area contributed by atoms with E-state index < -0.39 is 11.8 Å². The minimum absolute atomic E-state index is 0.0664. The number of nitrogens with zero attached hydrogens (tertiary/aromatic N) is 1. The second kappa shape index (κ2) is 4.93. The summed E-state index contributed by atoms with van der Waals surface area (Å²) in [7, 11) is 0. The van der Waals surface area contributed by atoms with E-state index in [2.05, 4.69) is 0 Å². The molecule has 1 saturated heterocycles. The van der Waals surface area contributed by atoms with Crippen molar-refractivity contribution >= 4 is 6.09 Å². The van der Waals surface area contributed by atoms with Gasteiger partial charge in [0, 0.05) is 19.1 Å². The Hall–Kier alpha value is -0.840. The second-order valence-electron chi connectivity index (χ2n) is 6.97. The van der Waals surface area contributed by atoms with Gasteiger partial charge in [0.25, 0.3) is 0 Å². The van der Waals surface area contributed by atoms with Crippen LogP contribution in [0, 0.1) is 5.41 Å². The number of piperidine rings is 1. The molecule has 2 aliphatic rings. The number of likely N-dealkylation sites (tertiary alicyclic amines) is 1. The fraction of sp³-hybridized carbons (Fsp3) is 0.929. The molecule has 2 rings (SSSR count). The maximum absolute atomic E-state index is 13.5. The third-order valence-corrected chi connectivity index (χ3v) is 4.34. The monoisotopic (exact) mass is 272 g/mol. The summed E-state index contributed by atoms with van der Waals surface area (Å²) in [5.74, 6) is 0. The summed E-state index contributed by atoms with van der Waals surface area (Å²) < 4.78 is 18.9. The molecule has 0 aromatic carbocycles. The van der Waals surface area contributed by atoms with E-state index in [-0.39, 0.29) is 17.6 Å². The van der Waals surface area contributed by atoms with Gasteiger partial charge in [-0.2, -0.15) is 0 Å². The number of carbonyl (C=O) groups is 1. The van der Waals surface area contributed by atoms with E-state index in [0.717, 1.165) is 12.8 Å². The molecule has 1 aliphatic carbocycles. The fourth-order valence-corrected chi connectivity index (χ4v) is 3.24. The highest BCUT2D eigenvalue weighted by Gasteiger charge is 2.48. The number of carbonyl (C=O) groups excluding carboxylic acids is 1. The number of hydrogen-bond acceptors (Lipinski definition) is 3. The van der Waals surface area contributed by atoms with Gasteiger partial charge in [-0.15, -0.1) is 0 Å². The van der Waals surface area contributed by atoms with Gasteiger partial charge in [0.1, 0.15) is 11.8 Å². The smallest absolute Gasteiger partial charge is 0.410 e. The molecular weight excluding hydrogens is 247 g/mol. The first-order chi connectivity index (χ1) is 8.72. The van der Waals surface area contributed by atoms with Crippen LogP contribution in [0.2, 0.25) is 0 Å². The predicted molar refractivity (Wildman–Crippen MR) is 71.6 cm³/mol. The first kappa shape index (κ1) is 14.6. The van der Waals surface area contributed by atoms with E-state index in [1.807, 2.05) is 20.8 Å². The van der Waals surface area contributed by atoms with E-state index >= 15 is 0 Å². The molecule has 0 aromatic rings. The summed E-state index contributed by atoms with van der Waals surface area (Å²) in [6, 6.07) is -0.0664. The van der Waals surface area contributed by atoms with Gasteiger partial charge in [-0.1, -0.05) is 0 Å². The highest BCUT2D eigenvalue weighted by Crippen LogP contribution is 2.46. The second-order valence-corrected chi connectivity index (χ2v) is 6.97. The van der Waals surface area contributed by atoms with Crippen molar-refractivity contribution in [3.8, 4) is 0 Å². The van der Waals surface area contributed by atoms with Crippen molar-refractivity contribution in [3.63, 3.8) is 0 Å². The molecule has 1 amide bonds. The summed E-state index contributed by atoms with van der Waals surface area (Å²) in [4.78, 5) is 13.7. The lowest BCUT2D eigenvalue weighted by molar-refractivity contribution is 0.00828. The lowest BCUT2D eigenvalue weighted by Crippen LogP contribution is -2.49. The van der Waals surface area contributed by atoms with Crippen LogP contribution in [0.4, 0.5) is 9.18 Å². The minimum atomic E-state index is -0.775. The van der Waals surface area contributed by atoms with Crippen molar-refractivity contribution in [1.82, 2.24) is 4.90 Å². The van der Waals surface area contributed by atoms with E-state index in [1.165, 1.54) is 0 Å². The Morgan fingerprint density at radius 2 is 1.95 bits per heavy atom. The zero-order valence-electron chi connectivity index (χ0n) is 12.1. The van der Waals surface area contributed by atoms with E-state index in [0.29, 0.717) is 25.9 Å². The average molecular weight is 272 g/mol. The summed E-state index contributed by atoms with van der Waals surface area (Å²) >= 11 is 0. The Bertz CT molecular complexity index is 346. The summed E-state index contributed by atoms with van der Waals surface area (Å²) in [5, 5.41) is 0. The summed E-state index contributed by atoms with van der Waals surface area (Å²) in [6.45, 7) is 6.81. The van der Waals surface area contributed by atoms with Crippen LogP contribution >= 0.6 is 0 Å². The Kier molecular flexibility index (Phi) is 3.78. The lowest BCUT2D eigenvalue weighted by Gasteiger charge is -2.42. The maximum atomic E-state index is 13.5. The van der Waals surface area contributed by atoms with Crippen molar-refractivity contribution in [2.45, 2.75) is 64.3 Å². The largest absolute Gasteiger partial charge is 0.444 e. The molecule has 0 radical (unpaired) electrons. The first-order valence-electron chi connectivity index (χ1n) is 7.09. The van der Waals surface area contributed by atoms with E-state index in [4.69, 9.17) is 10.5 Å². The standard InChI is InChI=1S/C14H25FN2O2/c1-13(2,3)19-12(18)17-6-4-14(5-7-17)9-10(15)8-11(14)16/h10-11H,4-9,16H2,1-3H3/t10-,11-/m0/s1. The molecule has 1 heterocycles. The van der Waals surface area contributed by atoms with Gasteiger partial charge < -0.3 is 15.4 Å². The number of halogens is 1. The van der Waals surface area contributed by atoms with Crippen molar-refractivity contribution in [2.75, 3.05) is 13.1 Å². The molecular formula is C14H25FN2O2. The molecule has 2 N–H and O–H groups in total. The van der Waals surface area contributed by atoms with Crippen molar-refractivity contribution < 1.29 is 13.9 Å². The molecule has 2 atom stereocenters. The number of nitrogens with two attached hydrogens (primary N) is 1. The van der Waals surface area contributed by atoms with Crippen LogP contribution in [0.5, 0.6) is 0 Å². The topological polar surface area (TPSA) is 55.6 Å². The van der Waals surface area contributed by atoms with Gasteiger partial charge in [0.05, 0.1) is 0 Å². The normalized spacial score (nSPS) is 30.7. The molecule has 19 heavy (non-hydrogen) atoms. The third-order valence-electron chi connectivity index (χ3n) is 4.34. The molecule has 0 aromatic heterocycles. The van der Waals surface area contributed by atoms with Gasteiger partial charge in [-0.05, 0) is 51.9 Å². The number of hydrogen-bond donors (Lipinski definition) is 1. The number of amides is 1. The maximum Gasteiger partial charge on any atom is 0.410 e. The van der Waals surface area contributed by atoms with Crippen LogP contribution in [0.3, 0.4) is 0 Å². The molecule has 4 nitrogen and oxygen atoms in total. The predicted octanol–water partition coefficient (Wildman–Crippen LogP) is 2.46. The van der Waals surface area contributed by atoms with Crippen LogP contribution in [0.15, 0.2) is 0 Å². The highest BCUT2D eigenvalue weighted by molar-refractivity contribution is 5.68. The molecule has 1 aliphatic heterocycles. The summed E-state index contributed by atoms with van der Waals surface area (Å²) in [5.41, 5.74) is 5.51. The fourth-order valence-electron chi connectivity index (χ4n) is 3.24. The lowest BCUT2D eigenvalue weighted by atomic mass is 9.74. The Balaban J connectivity index is 1.91. The summed E-state index contributed by atoms with van der Waals surface area (Å²) in [6.07, 6.45) is 1.54. The van der Waals surface area contributed by atoms with Crippen LogP contribution < -0.4 is 5.73 Å². The van der Waals surface area contributed by atoms with Crippen LogP contribution in [-0.4, -0.2) is 41.9 Å². The van der Waals surface area contributed by atoms with Crippen molar-refractivity contribution in [2.24, 2.45) is 11.1 Å². The van der Waals surface area contributed by atoms with Gasteiger partial charge in [0.15, 0.2) is 0 Å². The Labute approximate surface area is 114 Å². The van der Waals surface area contributed by atoms with Crippen LogP contribution in [-0.2, 0) is 4.74 Å². The van der Waals surface area contributed by atoms with Gasteiger partial charge in [-0.25, -0.2) is 9.18 Å². The molecule has 5 heteroatoms. The average Bonchev–Trinajstić information content (AvgIpc) is 2.52. The molecule has 110 valence electrons. The highest BCUT2D eigenvalue weighted by atomic mass is 19.1. The number of rotatable bonds is 0.